The number of pyridine rings is 1. The van der Waals surface area contributed by atoms with E-state index in [1.807, 2.05) is 20.0 Å². The lowest BCUT2D eigenvalue weighted by Gasteiger charge is -2.12. The van der Waals surface area contributed by atoms with Crippen molar-refractivity contribution < 1.29 is 0 Å². The molecule has 0 amide bonds. The zero-order chi connectivity index (χ0) is 12.4. The Morgan fingerprint density at radius 1 is 1.47 bits per heavy atom. The third-order valence-corrected chi connectivity index (χ3v) is 3.48. The summed E-state index contributed by atoms with van der Waals surface area (Å²) in [6.07, 6.45) is 1.86. The third-order valence-electron chi connectivity index (χ3n) is 2.19. The lowest BCUT2D eigenvalue weighted by molar-refractivity contribution is 0.861. The summed E-state index contributed by atoms with van der Waals surface area (Å²) in [7, 11) is 0. The summed E-state index contributed by atoms with van der Waals surface area (Å²) >= 11 is 7.50. The molecule has 6 heteroatoms. The number of hydrogen-bond acceptors (Lipinski definition) is 5. The number of nitrogen functional groups attached to an aromatic ring is 1. The van der Waals surface area contributed by atoms with Crippen molar-refractivity contribution in [3.8, 4) is 0 Å². The van der Waals surface area contributed by atoms with Gasteiger partial charge in [-0.3, -0.25) is 0 Å². The Bertz CT molecular complexity index is 506. The highest BCUT2D eigenvalue weighted by Crippen LogP contribution is 2.24. The fourth-order valence-corrected chi connectivity index (χ4v) is 2.44. The summed E-state index contributed by atoms with van der Waals surface area (Å²) in [6.45, 7) is 4.06. The van der Waals surface area contributed by atoms with Crippen LogP contribution in [0.1, 0.15) is 22.9 Å². The zero-order valence-corrected chi connectivity index (χ0v) is 11.1. The van der Waals surface area contributed by atoms with Crippen LogP contribution in [0.4, 0.5) is 11.5 Å². The second kappa shape index (κ2) is 4.89. The van der Waals surface area contributed by atoms with Crippen molar-refractivity contribution in [2.75, 3.05) is 11.1 Å². The van der Waals surface area contributed by atoms with Gasteiger partial charge in [0.1, 0.15) is 16.0 Å². The van der Waals surface area contributed by atoms with E-state index in [1.165, 1.54) is 4.88 Å². The van der Waals surface area contributed by atoms with Crippen LogP contribution in [0.2, 0.25) is 5.15 Å². The van der Waals surface area contributed by atoms with Gasteiger partial charge in [0.2, 0.25) is 0 Å². The highest BCUT2D eigenvalue weighted by atomic mass is 35.5. The van der Waals surface area contributed by atoms with E-state index < -0.39 is 0 Å². The van der Waals surface area contributed by atoms with Gasteiger partial charge in [-0.15, -0.1) is 11.3 Å². The van der Waals surface area contributed by atoms with Crippen LogP contribution in [0.5, 0.6) is 0 Å². The molecule has 1 atom stereocenters. The van der Waals surface area contributed by atoms with Gasteiger partial charge in [0.25, 0.3) is 0 Å². The molecule has 2 aromatic rings. The standard InChI is InChI=1S/C11H13ClN4S/c1-6-5-14-11(17-6)7(2)15-10-4-8(13)3-9(12)16-10/h3-5,7H,1-2H3,(H3,13,15,16). The molecule has 17 heavy (non-hydrogen) atoms. The fraction of sp³-hybridized carbons (Fsp3) is 0.273. The molecule has 0 fully saturated rings. The maximum absolute atomic E-state index is 5.84. The number of nitrogens with two attached hydrogens (primary N) is 1. The minimum absolute atomic E-state index is 0.0825. The molecule has 0 radical (unpaired) electrons. The first-order chi connectivity index (χ1) is 8.04. The molecule has 0 aliphatic carbocycles. The number of halogens is 1. The number of nitrogens with one attached hydrogen (secondary N) is 1. The third kappa shape index (κ3) is 3.08. The molecule has 0 aliphatic heterocycles. The summed E-state index contributed by atoms with van der Waals surface area (Å²) < 4.78 is 0. The SMILES string of the molecule is Cc1cnc(C(C)Nc2cc(N)cc(Cl)n2)s1. The van der Waals surface area contributed by atoms with Crippen molar-refractivity contribution >= 4 is 34.4 Å². The number of hydrogen-bond donors (Lipinski definition) is 2. The Labute approximate surface area is 109 Å². The van der Waals surface area contributed by atoms with Crippen LogP contribution in [-0.2, 0) is 0 Å². The van der Waals surface area contributed by atoms with Crippen molar-refractivity contribution in [3.05, 3.63) is 33.4 Å². The molecule has 0 saturated carbocycles. The molecule has 2 heterocycles. The molecule has 3 N–H and O–H groups in total. The van der Waals surface area contributed by atoms with Crippen LogP contribution in [0.25, 0.3) is 0 Å². The highest BCUT2D eigenvalue weighted by Gasteiger charge is 2.10. The zero-order valence-electron chi connectivity index (χ0n) is 9.57. The number of nitrogens with zero attached hydrogens (tertiary/aromatic N) is 2. The second-order valence-electron chi connectivity index (χ2n) is 3.78. The number of thiazole rings is 1. The molecule has 0 saturated heterocycles. The first kappa shape index (κ1) is 12.1. The summed E-state index contributed by atoms with van der Waals surface area (Å²) in [4.78, 5) is 9.67. The topological polar surface area (TPSA) is 63.8 Å². The Balaban J connectivity index is 2.15. The van der Waals surface area contributed by atoms with E-state index in [-0.39, 0.29) is 6.04 Å². The van der Waals surface area contributed by atoms with Crippen LogP contribution >= 0.6 is 22.9 Å². The van der Waals surface area contributed by atoms with Crippen LogP contribution in [0.15, 0.2) is 18.3 Å². The van der Waals surface area contributed by atoms with Crippen LogP contribution in [0, 0.1) is 6.92 Å². The lowest BCUT2D eigenvalue weighted by Crippen LogP contribution is -2.08. The summed E-state index contributed by atoms with van der Waals surface area (Å²) in [5.41, 5.74) is 6.29. The van der Waals surface area contributed by atoms with Crippen molar-refractivity contribution in [2.24, 2.45) is 0 Å². The molecule has 2 aromatic heterocycles. The van der Waals surface area contributed by atoms with Gasteiger partial charge in [-0.1, -0.05) is 11.6 Å². The van der Waals surface area contributed by atoms with E-state index in [0.717, 1.165) is 5.01 Å². The number of rotatable bonds is 3. The van der Waals surface area contributed by atoms with Gasteiger partial charge in [0, 0.05) is 22.8 Å². The largest absolute Gasteiger partial charge is 0.399 e. The van der Waals surface area contributed by atoms with E-state index in [2.05, 4.69) is 15.3 Å². The Kier molecular flexibility index (Phi) is 3.49. The second-order valence-corrected chi connectivity index (χ2v) is 5.44. The maximum Gasteiger partial charge on any atom is 0.133 e. The van der Waals surface area contributed by atoms with Crippen LogP contribution in [-0.4, -0.2) is 9.97 Å². The van der Waals surface area contributed by atoms with E-state index in [9.17, 15) is 0 Å². The minimum atomic E-state index is 0.0825. The molecular formula is C11H13ClN4S. The van der Waals surface area contributed by atoms with Gasteiger partial charge < -0.3 is 11.1 Å². The predicted molar refractivity (Wildman–Crippen MR) is 72.5 cm³/mol. The first-order valence-electron chi connectivity index (χ1n) is 5.16. The Morgan fingerprint density at radius 2 is 2.24 bits per heavy atom. The smallest absolute Gasteiger partial charge is 0.133 e. The average molecular weight is 269 g/mol. The maximum atomic E-state index is 5.84. The highest BCUT2D eigenvalue weighted by molar-refractivity contribution is 7.11. The van der Waals surface area contributed by atoms with Gasteiger partial charge in [-0.25, -0.2) is 9.97 Å². The van der Waals surface area contributed by atoms with E-state index >= 15 is 0 Å². The predicted octanol–water partition coefficient (Wildman–Crippen LogP) is 3.26. The van der Waals surface area contributed by atoms with Crippen molar-refractivity contribution in [1.82, 2.24) is 9.97 Å². The summed E-state index contributed by atoms with van der Waals surface area (Å²) in [5, 5.41) is 4.63. The Morgan fingerprint density at radius 3 is 2.82 bits per heavy atom. The van der Waals surface area contributed by atoms with Crippen molar-refractivity contribution in [1.29, 1.82) is 0 Å². The van der Waals surface area contributed by atoms with Crippen molar-refractivity contribution in [2.45, 2.75) is 19.9 Å². The van der Waals surface area contributed by atoms with Gasteiger partial charge >= 0.3 is 0 Å². The van der Waals surface area contributed by atoms with Crippen molar-refractivity contribution in [3.63, 3.8) is 0 Å². The number of aryl methyl sites for hydroxylation is 1. The molecule has 4 nitrogen and oxygen atoms in total. The molecular weight excluding hydrogens is 256 g/mol. The monoisotopic (exact) mass is 268 g/mol. The molecule has 0 aliphatic rings. The number of anilines is 2. The van der Waals surface area contributed by atoms with Gasteiger partial charge in [-0.2, -0.15) is 0 Å². The molecule has 0 aromatic carbocycles. The van der Waals surface area contributed by atoms with Gasteiger partial charge in [-0.05, 0) is 19.9 Å². The quantitative estimate of drug-likeness (QED) is 0.839. The normalized spacial score (nSPS) is 12.4. The summed E-state index contributed by atoms with van der Waals surface area (Å²) in [6, 6.07) is 3.45. The molecule has 0 spiro atoms. The minimum Gasteiger partial charge on any atom is -0.399 e. The number of aromatic nitrogens is 2. The fourth-order valence-electron chi connectivity index (χ4n) is 1.45. The average Bonchev–Trinajstić information content (AvgIpc) is 2.63. The summed E-state index contributed by atoms with van der Waals surface area (Å²) in [5.74, 6) is 0.662. The van der Waals surface area contributed by atoms with E-state index in [1.54, 1.807) is 23.5 Å². The van der Waals surface area contributed by atoms with Gasteiger partial charge in [0.15, 0.2) is 0 Å². The van der Waals surface area contributed by atoms with E-state index in [0.29, 0.717) is 16.7 Å². The molecule has 0 bridgehead atoms. The van der Waals surface area contributed by atoms with Crippen LogP contribution in [0.3, 0.4) is 0 Å². The van der Waals surface area contributed by atoms with Crippen LogP contribution < -0.4 is 11.1 Å². The van der Waals surface area contributed by atoms with Gasteiger partial charge in [0.05, 0.1) is 6.04 Å². The molecule has 2 rings (SSSR count). The first-order valence-corrected chi connectivity index (χ1v) is 6.36. The van der Waals surface area contributed by atoms with E-state index in [4.69, 9.17) is 17.3 Å². The molecule has 1 unspecified atom stereocenters. The lowest BCUT2D eigenvalue weighted by atomic mass is 10.3. The molecule has 90 valence electrons. The Hall–Kier alpha value is -1.33.